The number of aliphatic carboxylic acids is 1. The normalized spacial score (nSPS) is 13.3. The predicted molar refractivity (Wildman–Crippen MR) is 79.2 cm³/mol. The minimum atomic E-state index is -1.07. The molecular formula is C13H15BrN2O5. The number of carbonyl (C=O) groups excluding carboxylic acids is 1. The molecule has 1 rings (SSSR count). The molecule has 0 fully saturated rings. The lowest BCUT2D eigenvalue weighted by Crippen LogP contribution is -2.40. The summed E-state index contributed by atoms with van der Waals surface area (Å²) in [6, 6.07) is 3.98. The molecule has 2 N–H and O–H groups in total. The van der Waals surface area contributed by atoms with Gasteiger partial charge in [-0.15, -0.1) is 0 Å². The second-order valence-electron chi connectivity index (χ2n) is 4.83. The van der Waals surface area contributed by atoms with Crippen LogP contribution in [0.15, 0.2) is 22.7 Å². The fourth-order valence-corrected chi connectivity index (χ4v) is 1.91. The van der Waals surface area contributed by atoms with Gasteiger partial charge in [0.05, 0.1) is 14.8 Å². The molecule has 1 atom stereocenters. The van der Waals surface area contributed by atoms with Crippen LogP contribution in [0, 0.1) is 15.5 Å². The molecule has 0 aliphatic carbocycles. The molecule has 21 heavy (non-hydrogen) atoms. The van der Waals surface area contributed by atoms with Gasteiger partial charge in [0.1, 0.15) is 0 Å². The monoisotopic (exact) mass is 358 g/mol. The highest BCUT2D eigenvalue weighted by molar-refractivity contribution is 9.10. The van der Waals surface area contributed by atoms with Gasteiger partial charge in [-0.25, -0.2) is 0 Å². The molecule has 0 bridgehead atoms. The smallest absolute Gasteiger partial charge is 0.311 e. The summed E-state index contributed by atoms with van der Waals surface area (Å²) in [6.07, 6.45) is 0.350. The van der Waals surface area contributed by atoms with E-state index < -0.39 is 22.2 Å². The van der Waals surface area contributed by atoms with Gasteiger partial charge in [-0.05, 0) is 41.4 Å². The first-order chi connectivity index (χ1) is 9.71. The average molecular weight is 359 g/mol. The van der Waals surface area contributed by atoms with Crippen molar-refractivity contribution in [2.75, 3.05) is 6.54 Å². The summed E-state index contributed by atoms with van der Waals surface area (Å²) < 4.78 is 0.271. The molecule has 1 unspecified atom stereocenters. The van der Waals surface area contributed by atoms with Gasteiger partial charge < -0.3 is 10.4 Å². The number of benzene rings is 1. The van der Waals surface area contributed by atoms with Crippen molar-refractivity contribution in [3.05, 3.63) is 38.3 Å². The van der Waals surface area contributed by atoms with Crippen LogP contribution in [0.1, 0.15) is 30.6 Å². The van der Waals surface area contributed by atoms with Crippen LogP contribution >= 0.6 is 15.9 Å². The van der Waals surface area contributed by atoms with Gasteiger partial charge >= 0.3 is 5.97 Å². The highest BCUT2D eigenvalue weighted by Crippen LogP contribution is 2.26. The lowest BCUT2D eigenvalue weighted by Gasteiger charge is -2.23. The minimum absolute atomic E-state index is 0.0540. The van der Waals surface area contributed by atoms with Gasteiger partial charge in [0.2, 0.25) is 0 Å². The second kappa shape index (κ2) is 6.66. The maximum Gasteiger partial charge on any atom is 0.311 e. The zero-order chi connectivity index (χ0) is 16.2. The van der Waals surface area contributed by atoms with Crippen LogP contribution in [-0.4, -0.2) is 28.5 Å². The number of hydrogen-bond donors (Lipinski definition) is 2. The molecule has 8 heteroatoms. The number of nitrogens with one attached hydrogen (secondary N) is 1. The molecular weight excluding hydrogens is 344 g/mol. The first-order valence-corrected chi connectivity index (χ1v) is 6.96. The summed E-state index contributed by atoms with van der Waals surface area (Å²) >= 11 is 3.03. The third kappa shape index (κ3) is 4.01. The van der Waals surface area contributed by atoms with E-state index in [4.69, 9.17) is 5.11 Å². The van der Waals surface area contributed by atoms with E-state index in [1.807, 2.05) is 0 Å². The van der Waals surface area contributed by atoms with Crippen molar-refractivity contribution < 1.29 is 19.6 Å². The third-order valence-corrected chi connectivity index (χ3v) is 4.01. The van der Waals surface area contributed by atoms with Crippen LogP contribution < -0.4 is 5.32 Å². The van der Waals surface area contributed by atoms with Crippen molar-refractivity contribution in [1.82, 2.24) is 5.32 Å². The number of nitro benzene ring substituents is 1. The summed E-state index contributed by atoms with van der Waals surface area (Å²) in [5.41, 5.74) is -1.19. The van der Waals surface area contributed by atoms with E-state index >= 15 is 0 Å². The molecule has 0 radical (unpaired) electrons. The summed E-state index contributed by atoms with van der Waals surface area (Å²) in [5.74, 6) is -1.56. The molecule has 0 heterocycles. The number of hydrogen-bond acceptors (Lipinski definition) is 4. The molecule has 0 saturated carbocycles. The molecule has 0 aliphatic rings. The maximum atomic E-state index is 12.0. The number of halogens is 1. The first-order valence-electron chi connectivity index (χ1n) is 6.17. The number of carboxylic acids is 1. The molecule has 0 saturated heterocycles. The van der Waals surface area contributed by atoms with E-state index in [-0.39, 0.29) is 22.3 Å². The van der Waals surface area contributed by atoms with Crippen molar-refractivity contribution in [1.29, 1.82) is 0 Å². The van der Waals surface area contributed by atoms with Crippen molar-refractivity contribution in [3.8, 4) is 0 Å². The van der Waals surface area contributed by atoms with Gasteiger partial charge in [-0.3, -0.25) is 19.7 Å². The van der Waals surface area contributed by atoms with E-state index in [9.17, 15) is 19.7 Å². The largest absolute Gasteiger partial charge is 0.481 e. The lowest BCUT2D eigenvalue weighted by atomic mass is 9.87. The number of carbonyl (C=O) groups is 2. The fourth-order valence-electron chi connectivity index (χ4n) is 1.52. The summed E-state index contributed by atoms with van der Waals surface area (Å²) in [4.78, 5) is 33.3. The van der Waals surface area contributed by atoms with Crippen LogP contribution in [0.3, 0.4) is 0 Å². The van der Waals surface area contributed by atoms with Gasteiger partial charge in [0.15, 0.2) is 0 Å². The Morgan fingerprint density at radius 1 is 1.48 bits per heavy atom. The number of amides is 1. The number of carboxylic acid groups (broad SMARTS) is 1. The van der Waals surface area contributed by atoms with Crippen LogP contribution in [-0.2, 0) is 4.79 Å². The maximum absolute atomic E-state index is 12.0. The predicted octanol–water partition coefficient (Wildman–Crippen LogP) is 2.59. The SMILES string of the molecule is CCC(C)(CNC(=O)c1ccc(Br)c([N+](=O)[O-])c1)C(=O)O. The summed E-state index contributed by atoms with van der Waals surface area (Å²) in [7, 11) is 0. The Hall–Kier alpha value is -1.96. The van der Waals surface area contributed by atoms with Crippen molar-refractivity contribution in [2.24, 2.45) is 5.41 Å². The topological polar surface area (TPSA) is 110 Å². The van der Waals surface area contributed by atoms with E-state index in [2.05, 4.69) is 21.2 Å². The average Bonchev–Trinajstić information content (AvgIpc) is 2.44. The quantitative estimate of drug-likeness (QED) is 0.599. The van der Waals surface area contributed by atoms with Gasteiger partial charge in [0.25, 0.3) is 11.6 Å². The van der Waals surface area contributed by atoms with Crippen LogP contribution in [0.25, 0.3) is 0 Å². The second-order valence-corrected chi connectivity index (χ2v) is 5.68. The third-order valence-electron chi connectivity index (χ3n) is 3.34. The Bertz CT molecular complexity index is 590. The highest BCUT2D eigenvalue weighted by atomic mass is 79.9. The molecule has 0 spiro atoms. The molecule has 1 aromatic carbocycles. The standard InChI is InChI=1S/C13H15BrN2O5/c1-3-13(2,12(18)19)7-15-11(17)8-4-5-9(14)10(6-8)16(20)21/h4-6H,3,7H2,1-2H3,(H,15,17)(H,18,19). The fraction of sp³-hybridized carbons (Fsp3) is 0.385. The number of nitro groups is 1. The van der Waals surface area contributed by atoms with E-state index in [1.165, 1.54) is 19.1 Å². The summed E-state index contributed by atoms with van der Waals surface area (Å²) in [5, 5.41) is 22.4. The molecule has 7 nitrogen and oxygen atoms in total. The Kier molecular flexibility index (Phi) is 5.42. The summed E-state index contributed by atoms with van der Waals surface area (Å²) in [6.45, 7) is 3.19. The van der Waals surface area contributed by atoms with E-state index in [1.54, 1.807) is 6.92 Å². The lowest BCUT2D eigenvalue weighted by molar-refractivity contribution is -0.385. The number of nitrogens with zero attached hydrogens (tertiary/aromatic N) is 1. The zero-order valence-electron chi connectivity index (χ0n) is 11.6. The molecule has 1 aromatic rings. The molecule has 0 aromatic heterocycles. The van der Waals surface area contributed by atoms with Crippen LogP contribution in [0.2, 0.25) is 0 Å². The van der Waals surface area contributed by atoms with Crippen LogP contribution in [0.5, 0.6) is 0 Å². The number of rotatable bonds is 6. The first kappa shape index (κ1) is 17.1. The van der Waals surface area contributed by atoms with Gasteiger partial charge in [-0.1, -0.05) is 6.92 Å². The highest BCUT2D eigenvalue weighted by Gasteiger charge is 2.31. The molecule has 114 valence electrons. The zero-order valence-corrected chi connectivity index (χ0v) is 13.1. The molecule has 1 amide bonds. The van der Waals surface area contributed by atoms with Gasteiger partial charge in [-0.2, -0.15) is 0 Å². The Labute approximate surface area is 129 Å². The molecule has 0 aliphatic heterocycles. The minimum Gasteiger partial charge on any atom is -0.481 e. The van der Waals surface area contributed by atoms with E-state index in [0.29, 0.717) is 6.42 Å². The van der Waals surface area contributed by atoms with Gasteiger partial charge in [0, 0.05) is 18.2 Å². The van der Waals surface area contributed by atoms with Crippen molar-refractivity contribution >= 4 is 33.5 Å². The Morgan fingerprint density at radius 3 is 2.57 bits per heavy atom. The van der Waals surface area contributed by atoms with Crippen molar-refractivity contribution in [3.63, 3.8) is 0 Å². The Morgan fingerprint density at radius 2 is 2.10 bits per heavy atom. The van der Waals surface area contributed by atoms with Crippen molar-refractivity contribution in [2.45, 2.75) is 20.3 Å². The van der Waals surface area contributed by atoms with E-state index in [0.717, 1.165) is 6.07 Å². The van der Waals surface area contributed by atoms with Crippen LogP contribution in [0.4, 0.5) is 5.69 Å². The Balaban J connectivity index is 2.88.